The third-order valence-electron chi connectivity index (χ3n) is 4.02. The Labute approximate surface area is 108 Å². The molecular weight excluding hydrogens is 230 g/mol. The van der Waals surface area contributed by atoms with Gasteiger partial charge in [-0.05, 0) is 0 Å². The highest BCUT2D eigenvalue weighted by molar-refractivity contribution is 6.79. The summed E-state index contributed by atoms with van der Waals surface area (Å²) in [4.78, 5) is 10.8. The molecule has 0 unspecified atom stereocenters. The van der Waals surface area contributed by atoms with Gasteiger partial charge in [0.25, 0.3) is 0 Å². The van der Waals surface area contributed by atoms with Gasteiger partial charge in [0.05, 0.1) is 20.3 Å². The lowest BCUT2D eigenvalue weighted by atomic mass is 10.5. The topological polar surface area (TPSA) is 26.3 Å². The maximum absolute atomic E-state index is 10.8. The molecule has 0 heterocycles. The number of nitrogens with zero attached hydrogens (tertiary/aromatic N) is 1. The second kappa shape index (κ2) is 7.16. The molecule has 102 valence electrons. The summed E-state index contributed by atoms with van der Waals surface area (Å²) >= 11 is 0. The molecule has 0 aromatic carbocycles. The van der Waals surface area contributed by atoms with E-state index in [0.717, 1.165) is 11.0 Å². The minimum atomic E-state index is -1.10. The van der Waals surface area contributed by atoms with Crippen LogP contribution >= 0.6 is 0 Å². The predicted molar refractivity (Wildman–Crippen MR) is 75.7 cm³/mol. The van der Waals surface area contributed by atoms with E-state index >= 15 is 0 Å². The summed E-state index contributed by atoms with van der Waals surface area (Å²) in [6.45, 7) is 9.96. The second-order valence-electron chi connectivity index (χ2n) is 5.72. The monoisotopic (exact) mass is 260 g/mol. The molecular formula is C13H30NO2Si+. The molecule has 0 aromatic rings. The zero-order valence-electron chi connectivity index (χ0n) is 12.5. The predicted octanol–water partition coefficient (Wildman–Crippen LogP) is 2.67. The number of esters is 1. The van der Waals surface area contributed by atoms with E-state index in [4.69, 9.17) is 4.74 Å². The normalized spacial score (nSPS) is 12.6. The van der Waals surface area contributed by atoms with Crippen molar-refractivity contribution in [2.45, 2.75) is 45.8 Å². The number of carbonyl (C=O) groups excluding carboxylic acids is 1. The van der Waals surface area contributed by atoms with Crippen molar-refractivity contribution in [1.82, 2.24) is 0 Å². The van der Waals surface area contributed by atoms with Crippen LogP contribution in [0.15, 0.2) is 0 Å². The fraction of sp³-hybridized carbons (Fsp3) is 0.923. The fourth-order valence-corrected chi connectivity index (χ4v) is 6.65. The van der Waals surface area contributed by atoms with Crippen LogP contribution in [0.4, 0.5) is 0 Å². The van der Waals surface area contributed by atoms with Gasteiger partial charge in [-0.3, -0.25) is 4.79 Å². The summed E-state index contributed by atoms with van der Waals surface area (Å²) in [5.74, 6) is -0.171. The van der Waals surface area contributed by atoms with Gasteiger partial charge in [-0.1, -0.05) is 38.9 Å². The number of quaternary nitrogens is 1. The van der Waals surface area contributed by atoms with Crippen LogP contribution in [-0.4, -0.2) is 51.9 Å². The van der Waals surface area contributed by atoms with Gasteiger partial charge in [0, 0.05) is 6.92 Å². The highest BCUT2D eigenvalue weighted by Crippen LogP contribution is 2.23. The number of likely N-dealkylation sites (N-methyl/N-ethyl adjacent to an activating group) is 1. The molecule has 0 rings (SSSR count). The molecule has 0 spiro atoms. The third kappa shape index (κ3) is 6.22. The van der Waals surface area contributed by atoms with Gasteiger partial charge in [-0.2, -0.15) is 0 Å². The Bertz CT molecular complexity index is 229. The maximum atomic E-state index is 10.8. The molecule has 0 aliphatic carbocycles. The number of carbonyl (C=O) groups is 1. The average Bonchev–Trinajstić information content (AvgIpc) is 2.25. The zero-order chi connectivity index (χ0) is 13.5. The molecule has 17 heavy (non-hydrogen) atoms. The van der Waals surface area contributed by atoms with E-state index in [2.05, 4.69) is 34.9 Å². The van der Waals surface area contributed by atoms with E-state index in [1.165, 1.54) is 31.2 Å². The summed E-state index contributed by atoms with van der Waals surface area (Å²) in [6, 6.07) is 4.07. The molecule has 0 fully saturated rings. The van der Waals surface area contributed by atoms with E-state index < -0.39 is 8.07 Å². The van der Waals surface area contributed by atoms with Crippen LogP contribution in [-0.2, 0) is 9.53 Å². The van der Waals surface area contributed by atoms with Gasteiger partial charge < -0.3 is 9.22 Å². The van der Waals surface area contributed by atoms with Gasteiger partial charge in [0.2, 0.25) is 0 Å². The zero-order valence-corrected chi connectivity index (χ0v) is 13.5. The first-order valence-corrected chi connectivity index (χ1v) is 9.59. The fourth-order valence-electron chi connectivity index (χ4n) is 2.51. The minimum absolute atomic E-state index is 0.171. The second-order valence-corrected chi connectivity index (χ2v) is 11.2. The Morgan fingerprint density at radius 2 is 1.59 bits per heavy atom. The number of hydrogen-bond donors (Lipinski definition) is 0. The van der Waals surface area contributed by atoms with Crippen molar-refractivity contribution in [3.05, 3.63) is 0 Å². The molecule has 0 atom stereocenters. The van der Waals surface area contributed by atoms with Crippen LogP contribution in [0.2, 0.25) is 18.1 Å². The first-order valence-electron chi connectivity index (χ1n) is 6.76. The largest absolute Gasteiger partial charge is 0.460 e. The summed E-state index contributed by atoms with van der Waals surface area (Å²) < 4.78 is 6.04. The van der Waals surface area contributed by atoms with Crippen molar-refractivity contribution < 1.29 is 14.0 Å². The van der Waals surface area contributed by atoms with E-state index in [9.17, 15) is 4.79 Å². The third-order valence-corrected chi connectivity index (χ3v) is 10.0. The first kappa shape index (κ1) is 16.6. The number of rotatable bonds is 8. The number of ether oxygens (including phenoxy) is 1. The Balaban J connectivity index is 4.34. The molecule has 0 N–H and O–H groups in total. The molecule has 0 aliphatic heterocycles. The minimum Gasteiger partial charge on any atom is -0.460 e. The van der Waals surface area contributed by atoms with Crippen molar-refractivity contribution in [2.75, 3.05) is 33.4 Å². The van der Waals surface area contributed by atoms with Crippen LogP contribution in [0.25, 0.3) is 0 Å². The Kier molecular flexibility index (Phi) is 7.01. The van der Waals surface area contributed by atoms with E-state index in [1.54, 1.807) is 0 Å². The first-order chi connectivity index (χ1) is 7.81. The van der Waals surface area contributed by atoms with Gasteiger partial charge in [-0.15, -0.1) is 0 Å². The smallest absolute Gasteiger partial charge is 0.302 e. The molecule has 0 bridgehead atoms. The lowest BCUT2D eigenvalue weighted by Gasteiger charge is -2.38. The van der Waals surface area contributed by atoms with Crippen molar-refractivity contribution in [3.8, 4) is 0 Å². The van der Waals surface area contributed by atoms with Gasteiger partial charge in [-0.25, -0.2) is 0 Å². The van der Waals surface area contributed by atoms with Gasteiger partial charge in [0.1, 0.15) is 21.2 Å². The lowest BCUT2D eigenvalue weighted by Crippen LogP contribution is -2.55. The summed E-state index contributed by atoms with van der Waals surface area (Å²) in [6.07, 6.45) is 1.29. The summed E-state index contributed by atoms with van der Waals surface area (Å²) in [7, 11) is 3.41. The Morgan fingerprint density at radius 3 is 1.94 bits per heavy atom. The van der Waals surface area contributed by atoms with Gasteiger partial charge >= 0.3 is 5.97 Å². The highest BCUT2D eigenvalue weighted by Gasteiger charge is 2.35. The highest BCUT2D eigenvalue weighted by atomic mass is 28.3. The molecule has 0 saturated carbocycles. The molecule has 4 heteroatoms. The number of hydrogen-bond acceptors (Lipinski definition) is 2. The molecule has 0 amide bonds. The standard InChI is InChI=1S/C13H30NO2Si/c1-7-17(8-2,9-3)12-14(5,6)10-11-16-13(4)15/h7-12H2,1-6H3/q+1. The maximum Gasteiger partial charge on any atom is 0.302 e. The molecule has 0 saturated heterocycles. The van der Waals surface area contributed by atoms with Crippen LogP contribution in [0, 0.1) is 0 Å². The molecule has 3 nitrogen and oxygen atoms in total. The summed E-state index contributed by atoms with van der Waals surface area (Å²) in [5, 5.41) is 0. The quantitative estimate of drug-likeness (QED) is 0.381. The molecule has 0 radical (unpaired) electrons. The summed E-state index contributed by atoms with van der Waals surface area (Å²) in [5.41, 5.74) is 0. The Morgan fingerprint density at radius 1 is 1.12 bits per heavy atom. The van der Waals surface area contributed by atoms with E-state index in [0.29, 0.717) is 6.61 Å². The van der Waals surface area contributed by atoms with Gasteiger partial charge in [0.15, 0.2) is 0 Å². The van der Waals surface area contributed by atoms with E-state index in [-0.39, 0.29) is 5.97 Å². The van der Waals surface area contributed by atoms with Crippen molar-refractivity contribution in [2.24, 2.45) is 0 Å². The van der Waals surface area contributed by atoms with Crippen LogP contribution in [0.5, 0.6) is 0 Å². The molecule has 0 aliphatic rings. The van der Waals surface area contributed by atoms with Crippen molar-refractivity contribution in [1.29, 1.82) is 0 Å². The van der Waals surface area contributed by atoms with E-state index in [1.807, 2.05) is 0 Å². The van der Waals surface area contributed by atoms with Crippen LogP contribution in [0.1, 0.15) is 27.7 Å². The van der Waals surface area contributed by atoms with Crippen molar-refractivity contribution >= 4 is 14.0 Å². The van der Waals surface area contributed by atoms with Crippen molar-refractivity contribution in [3.63, 3.8) is 0 Å². The Hall–Kier alpha value is -0.353. The lowest BCUT2D eigenvalue weighted by molar-refractivity contribution is -0.880. The molecule has 0 aromatic heterocycles. The van der Waals surface area contributed by atoms with Crippen LogP contribution in [0.3, 0.4) is 0 Å². The average molecular weight is 260 g/mol. The SMILES string of the molecule is CC[Si](CC)(CC)C[N+](C)(C)CCOC(C)=O. The van der Waals surface area contributed by atoms with Crippen LogP contribution < -0.4 is 0 Å².